The summed E-state index contributed by atoms with van der Waals surface area (Å²) < 4.78 is 31.7. The highest BCUT2D eigenvalue weighted by Crippen LogP contribution is 2.30. The molecule has 1 saturated heterocycles. The number of nitrogens with zero attached hydrogens (tertiary/aromatic N) is 3. The summed E-state index contributed by atoms with van der Waals surface area (Å²) in [5.41, 5.74) is 3.03. The van der Waals surface area contributed by atoms with Crippen molar-refractivity contribution < 1.29 is 17.7 Å². The summed E-state index contributed by atoms with van der Waals surface area (Å²) in [7, 11) is -3.61. The molecule has 0 unspecified atom stereocenters. The first-order chi connectivity index (χ1) is 15.8. The van der Waals surface area contributed by atoms with E-state index in [2.05, 4.69) is 10.1 Å². The Hall–Kier alpha value is -2.19. The number of aryl methyl sites for hydroxylation is 2. The van der Waals surface area contributed by atoms with E-state index >= 15 is 0 Å². The molecule has 0 spiro atoms. The fourth-order valence-corrected chi connectivity index (χ4v) is 6.56. The second kappa shape index (κ2) is 9.97. The first-order valence-corrected chi connectivity index (χ1v) is 13.7. The van der Waals surface area contributed by atoms with Gasteiger partial charge in [0.1, 0.15) is 0 Å². The van der Waals surface area contributed by atoms with Gasteiger partial charge in [0.2, 0.25) is 5.91 Å². The molecule has 2 heterocycles. The Kier molecular flexibility index (Phi) is 7.24. The summed E-state index contributed by atoms with van der Waals surface area (Å²) in [6, 6.07) is 5.93. The van der Waals surface area contributed by atoms with Gasteiger partial charge >= 0.3 is 0 Å². The number of piperazine rings is 1. The topological polar surface area (TPSA) is 83.7 Å². The number of carbonyl (C=O) groups excluding carboxylic acids is 1. The SMILES string of the molecule is Cc1ccc(-c2onc(C)c2C)cc1S(=O)(=O)CCC(=O)N1CCN(C2CCCCC2)CC1. The molecule has 4 rings (SSSR count). The van der Waals surface area contributed by atoms with Gasteiger partial charge in [-0.15, -0.1) is 0 Å². The first-order valence-electron chi connectivity index (χ1n) is 12.0. The maximum absolute atomic E-state index is 13.1. The van der Waals surface area contributed by atoms with E-state index < -0.39 is 9.84 Å². The van der Waals surface area contributed by atoms with Gasteiger partial charge < -0.3 is 9.42 Å². The molecule has 33 heavy (non-hydrogen) atoms. The summed E-state index contributed by atoms with van der Waals surface area (Å²) in [6.07, 6.45) is 6.48. The average Bonchev–Trinajstić information content (AvgIpc) is 3.16. The van der Waals surface area contributed by atoms with Crippen LogP contribution in [0.2, 0.25) is 0 Å². The van der Waals surface area contributed by atoms with Crippen molar-refractivity contribution >= 4 is 15.7 Å². The number of carbonyl (C=O) groups is 1. The third-order valence-electron chi connectivity index (χ3n) is 7.29. The predicted molar refractivity (Wildman–Crippen MR) is 128 cm³/mol. The first kappa shape index (κ1) is 24.0. The van der Waals surface area contributed by atoms with Gasteiger partial charge in [0, 0.05) is 49.8 Å². The molecule has 0 atom stereocenters. The van der Waals surface area contributed by atoms with Crippen molar-refractivity contribution in [1.29, 1.82) is 0 Å². The zero-order valence-electron chi connectivity index (χ0n) is 20.0. The van der Waals surface area contributed by atoms with Crippen molar-refractivity contribution in [3.8, 4) is 11.3 Å². The van der Waals surface area contributed by atoms with Crippen LogP contribution in [0.3, 0.4) is 0 Å². The van der Waals surface area contributed by atoms with Crippen LogP contribution in [0.5, 0.6) is 0 Å². The van der Waals surface area contributed by atoms with Crippen LogP contribution < -0.4 is 0 Å². The van der Waals surface area contributed by atoms with Crippen molar-refractivity contribution in [3.63, 3.8) is 0 Å². The van der Waals surface area contributed by atoms with Crippen LogP contribution in [-0.2, 0) is 14.6 Å². The number of aromatic nitrogens is 1. The summed E-state index contributed by atoms with van der Waals surface area (Å²) in [4.78, 5) is 17.4. The molecule has 1 aromatic carbocycles. The quantitative estimate of drug-likeness (QED) is 0.633. The number of rotatable bonds is 6. The van der Waals surface area contributed by atoms with E-state index in [-0.39, 0.29) is 23.0 Å². The van der Waals surface area contributed by atoms with E-state index in [4.69, 9.17) is 4.52 Å². The molecule has 2 fully saturated rings. The molecule has 8 heteroatoms. The minimum Gasteiger partial charge on any atom is -0.356 e. The zero-order valence-corrected chi connectivity index (χ0v) is 20.8. The second-order valence-electron chi connectivity index (χ2n) is 9.48. The molecule has 1 aliphatic heterocycles. The molecule has 1 aromatic heterocycles. The van der Waals surface area contributed by atoms with Gasteiger partial charge in [0.05, 0.1) is 16.3 Å². The fraction of sp³-hybridized carbons (Fsp3) is 0.600. The van der Waals surface area contributed by atoms with Crippen LogP contribution in [0.1, 0.15) is 55.3 Å². The van der Waals surface area contributed by atoms with Gasteiger partial charge in [-0.25, -0.2) is 8.42 Å². The van der Waals surface area contributed by atoms with Crippen LogP contribution >= 0.6 is 0 Å². The molecule has 180 valence electrons. The van der Waals surface area contributed by atoms with Gasteiger partial charge in [-0.1, -0.05) is 36.6 Å². The van der Waals surface area contributed by atoms with Crippen LogP contribution in [-0.4, -0.2) is 67.3 Å². The summed E-state index contributed by atoms with van der Waals surface area (Å²) in [5.74, 6) is 0.321. The predicted octanol–water partition coefficient (Wildman–Crippen LogP) is 3.91. The Balaban J connectivity index is 1.37. The van der Waals surface area contributed by atoms with Gasteiger partial charge in [-0.3, -0.25) is 9.69 Å². The third-order valence-corrected chi connectivity index (χ3v) is 9.14. The smallest absolute Gasteiger partial charge is 0.223 e. The van der Waals surface area contributed by atoms with E-state index in [1.165, 1.54) is 32.1 Å². The van der Waals surface area contributed by atoms with E-state index in [1.807, 2.05) is 24.8 Å². The van der Waals surface area contributed by atoms with Gasteiger partial charge in [-0.05, 0) is 45.2 Å². The number of hydrogen-bond donors (Lipinski definition) is 0. The maximum Gasteiger partial charge on any atom is 0.223 e. The Morgan fingerprint density at radius 1 is 1.06 bits per heavy atom. The summed E-state index contributed by atoms with van der Waals surface area (Å²) in [5, 5.41) is 3.98. The normalized spacial score (nSPS) is 18.6. The van der Waals surface area contributed by atoms with Crippen LogP contribution in [0.15, 0.2) is 27.6 Å². The molecule has 0 bridgehead atoms. The van der Waals surface area contributed by atoms with Crippen molar-refractivity contribution in [2.75, 3.05) is 31.9 Å². The lowest BCUT2D eigenvalue weighted by atomic mass is 9.94. The van der Waals surface area contributed by atoms with Crippen LogP contribution in [0, 0.1) is 20.8 Å². The van der Waals surface area contributed by atoms with Crippen molar-refractivity contribution in [2.24, 2.45) is 0 Å². The Labute approximate surface area is 197 Å². The number of amides is 1. The Morgan fingerprint density at radius 2 is 1.76 bits per heavy atom. The monoisotopic (exact) mass is 473 g/mol. The minimum absolute atomic E-state index is 0.00979. The number of hydrogen-bond acceptors (Lipinski definition) is 6. The fourth-order valence-electron chi connectivity index (χ4n) is 5.03. The van der Waals surface area contributed by atoms with Gasteiger partial charge in [-0.2, -0.15) is 0 Å². The van der Waals surface area contributed by atoms with Gasteiger partial charge in [0.25, 0.3) is 0 Å². The molecule has 1 amide bonds. The number of sulfone groups is 1. The molecule has 0 radical (unpaired) electrons. The summed E-state index contributed by atoms with van der Waals surface area (Å²) >= 11 is 0. The van der Waals surface area contributed by atoms with Gasteiger partial charge in [0.15, 0.2) is 15.6 Å². The highest BCUT2D eigenvalue weighted by Gasteiger charge is 2.28. The Bertz CT molecular complexity index is 1090. The lowest BCUT2D eigenvalue weighted by Crippen LogP contribution is -2.52. The minimum atomic E-state index is -3.61. The number of benzene rings is 1. The molecule has 2 aliphatic rings. The lowest BCUT2D eigenvalue weighted by molar-refractivity contribution is -0.132. The molecular formula is C25H35N3O4S. The maximum atomic E-state index is 13.1. The van der Waals surface area contributed by atoms with Crippen molar-refractivity contribution in [2.45, 2.75) is 70.2 Å². The molecule has 1 aliphatic carbocycles. The Morgan fingerprint density at radius 3 is 2.39 bits per heavy atom. The lowest BCUT2D eigenvalue weighted by Gasteiger charge is -2.40. The van der Waals surface area contributed by atoms with E-state index in [0.717, 1.165) is 24.3 Å². The highest BCUT2D eigenvalue weighted by atomic mass is 32.2. The second-order valence-corrected chi connectivity index (χ2v) is 11.6. The standard InChI is InChI=1S/C25H35N3O4S/c1-18-9-10-21(25-19(2)20(3)26-32-25)17-23(18)33(30,31)16-11-24(29)28-14-12-27(13-15-28)22-7-5-4-6-8-22/h9-10,17,22H,4-8,11-16H2,1-3H3. The molecule has 7 nitrogen and oxygen atoms in total. The molecule has 0 N–H and O–H groups in total. The third kappa shape index (κ3) is 5.32. The van der Waals surface area contributed by atoms with Crippen LogP contribution in [0.25, 0.3) is 11.3 Å². The van der Waals surface area contributed by atoms with E-state index in [9.17, 15) is 13.2 Å². The highest BCUT2D eigenvalue weighted by molar-refractivity contribution is 7.91. The molecular weight excluding hydrogens is 438 g/mol. The largest absolute Gasteiger partial charge is 0.356 e. The van der Waals surface area contributed by atoms with Crippen molar-refractivity contribution in [3.05, 3.63) is 35.0 Å². The van der Waals surface area contributed by atoms with Crippen molar-refractivity contribution in [1.82, 2.24) is 15.0 Å². The summed E-state index contributed by atoms with van der Waals surface area (Å²) in [6.45, 7) is 8.70. The average molecular weight is 474 g/mol. The molecule has 1 saturated carbocycles. The zero-order chi connectivity index (χ0) is 23.6. The van der Waals surface area contributed by atoms with Crippen LogP contribution in [0.4, 0.5) is 0 Å². The van der Waals surface area contributed by atoms with E-state index in [1.54, 1.807) is 19.1 Å². The van der Waals surface area contributed by atoms with E-state index in [0.29, 0.717) is 36.0 Å². The molecule has 2 aromatic rings.